The van der Waals surface area contributed by atoms with E-state index in [0.29, 0.717) is 6.07 Å². The second-order valence-corrected chi connectivity index (χ2v) is 8.41. The Morgan fingerprint density at radius 1 is 1.11 bits per heavy atom. The first-order valence-corrected chi connectivity index (χ1v) is 8.79. The largest absolute Gasteiger partial charge is 0.493 e. The van der Waals surface area contributed by atoms with Gasteiger partial charge >= 0.3 is 12.4 Å². The molecule has 1 aromatic rings. The SMILES string of the molecule is CC(C)(C)[S@@](=O)N=C(c1ccc(OCCCC(F)(F)F)cc1F)C(F)(F)F. The number of rotatable bonds is 6. The summed E-state index contributed by atoms with van der Waals surface area (Å²) in [5, 5.41) is 0. The van der Waals surface area contributed by atoms with Crippen LogP contribution in [0.25, 0.3) is 0 Å². The maximum Gasteiger partial charge on any atom is 0.434 e. The van der Waals surface area contributed by atoms with Crippen LogP contribution in [0.3, 0.4) is 0 Å². The fourth-order valence-corrected chi connectivity index (χ4v) is 2.36. The van der Waals surface area contributed by atoms with Gasteiger partial charge in [0.2, 0.25) is 0 Å². The van der Waals surface area contributed by atoms with Gasteiger partial charge in [-0.1, -0.05) is 0 Å². The minimum absolute atomic E-state index is 0.225. The molecule has 0 heterocycles. The van der Waals surface area contributed by atoms with Crippen LogP contribution in [0.2, 0.25) is 0 Å². The topological polar surface area (TPSA) is 38.7 Å². The van der Waals surface area contributed by atoms with E-state index in [1.807, 2.05) is 0 Å². The van der Waals surface area contributed by atoms with Gasteiger partial charge in [0.05, 0.1) is 11.4 Å². The van der Waals surface area contributed by atoms with Crippen LogP contribution >= 0.6 is 0 Å². The summed E-state index contributed by atoms with van der Waals surface area (Å²) in [4.78, 5) is 0. The Balaban J connectivity index is 3.03. The molecular formula is C16H18F7NO2S. The standard InChI is InChI=1S/C16H18F7NO2S/c1-14(2,3)27(25)24-13(16(21,22)23)11-6-5-10(9-12(11)17)26-8-4-7-15(18,19)20/h5-6,9H,4,7-8H2,1-3H3/t27-/m1/s1. The van der Waals surface area contributed by atoms with Crippen molar-refractivity contribution in [3.05, 3.63) is 29.6 Å². The Bertz CT molecular complexity index is 706. The van der Waals surface area contributed by atoms with Crippen LogP contribution in [0.4, 0.5) is 30.7 Å². The van der Waals surface area contributed by atoms with Crippen molar-refractivity contribution in [1.29, 1.82) is 0 Å². The number of ether oxygens (including phenoxy) is 1. The molecule has 27 heavy (non-hydrogen) atoms. The molecule has 0 fully saturated rings. The third-order valence-electron chi connectivity index (χ3n) is 3.04. The van der Waals surface area contributed by atoms with Gasteiger partial charge in [0.1, 0.15) is 22.6 Å². The van der Waals surface area contributed by atoms with Crippen molar-refractivity contribution in [2.75, 3.05) is 6.61 Å². The number of alkyl halides is 6. The molecular weight excluding hydrogens is 403 g/mol. The highest BCUT2D eigenvalue weighted by Crippen LogP contribution is 2.28. The van der Waals surface area contributed by atoms with Crippen molar-refractivity contribution in [2.45, 2.75) is 50.7 Å². The smallest absolute Gasteiger partial charge is 0.434 e. The highest BCUT2D eigenvalue weighted by Gasteiger charge is 2.40. The lowest BCUT2D eigenvalue weighted by Gasteiger charge is -2.17. The minimum atomic E-state index is -5.06. The van der Waals surface area contributed by atoms with Crippen LogP contribution in [-0.4, -0.2) is 33.6 Å². The van der Waals surface area contributed by atoms with E-state index in [0.717, 1.165) is 12.1 Å². The Morgan fingerprint density at radius 3 is 2.15 bits per heavy atom. The molecule has 154 valence electrons. The number of halogens is 7. The van der Waals surface area contributed by atoms with Crippen molar-refractivity contribution in [1.82, 2.24) is 0 Å². The van der Waals surface area contributed by atoms with Gasteiger partial charge in [0.15, 0.2) is 5.71 Å². The van der Waals surface area contributed by atoms with Gasteiger partial charge in [0, 0.05) is 18.1 Å². The number of hydrogen-bond donors (Lipinski definition) is 0. The molecule has 0 aliphatic carbocycles. The Labute approximate surface area is 154 Å². The Kier molecular flexibility index (Phi) is 7.43. The van der Waals surface area contributed by atoms with E-state index in [1.54, 1.807) is 0 Å². The number of nitrogens with zero attached hydrogens (tertiary/aromatic N) is 1. The third kappa shape index (κ3) is 7.86. The summed E-state index contributed by atoms with van der Waals surface area (Å²) >= 11 is 0. The van der Waals surface area contributed by atoms with Crippen LogP contribution in [0.5, 0.6) is 5.75 Å². The molecule has 0 amide bonds. The first-order chi connectivity index (χ1) is 12.1. The van der Waals surface area contributed by atoms with Gasteiger partial charge in [-0.2, -0.15) is 30.7 Å². The van der Waals surface area contributed by atoms with Crippen LogP contribution in [0.1, 0.15) is 39.2 Å². The molecule has 0 aliphatic heterocycles. The zero-order valence-corrected chi connectivity index (χ0v) is 15.5. The van der Waals surface area contributed by atoms with Crippen LogP contribution in [0, 0.1) is 5.82 Å². The average Bonchev–Trinajstić information content (AvgIpc) is 2.46. The Morgan fingerprint density at radius 2 is 1.70 bits per heavy atom. The summed E-state index contributed by atoms with van der Waals surface area (Å²) in [7, 11) is -2.28. The summed E-state index contributed by atoms with van der Waals surface area (Å²) in [5.74, 6) is -1.57. The van der Waals surface area contributed by atoms with Crippen LogP contribution < -0.4 is 4.74 Å². The summed E-state index contributed by atoms with van der Waals surface area (Å²) < 4.78 is 109. The maximum atomic E-state index is 14.1. The van der Waals surface area contributed by atoms with E-state index < -0.39 is 51.6 Å². The molecule has 1 atom stereocenters. The lowest BCUT2D eigenvalue weighted by atomic mass is 10.1. The predicted octanol–water partition coefficient (Wildman–Crippen LogP) is 5.36. The summed E-state index contributed by atoms with van der Waals surface area (Å²) in [6, 6.07) is 2.33. The zero-order chi connectivity index (χ0) is 21.0. The summed E-state index contributed by atoms with van der Waals surface area (Å²) in [6.07, 6.45) is -10.9. The molecule has 1 rings (SSSR count). The second kappa shape index (κ2) is 8.57. The maximum absolute atomic E-state index is 14.1. The lowest BCUT2D eigenvalue weighted by Crippen LogP contribution is -2.29. The zero-order valence-electron chi connectivity index (χ0n) is 14.7. The van der Waals surface area contributed by atoms with Gasteiger partial charge in [-0.05, 0) is 39.3 Å². The lowest BCUT2D eigenvalue weighted by molar-refractivity contribution is -0.136. The average molecular weight is 421 g/mol. The van der Waals surface area contributed by atoms with Crippen molar-refractivity contribution >= 4 is 16.7 Å². The van der Waals surface area contributed by atoms with Crippen LogP contribution in [0.15, 0.2) is 22.6 Å². The second-order valence-electron chi connectivity index (χ2n) is 6.51. The molecule has 0 aliphatic rings. The Hall–Kier alpha value is -1.65. The third-order valence-corrected chi connectivity index (χ3v) is 4.43. The summed E-state index contributed by atoms with van der Waals surface area (Å²) in [6.45, 7) is 3.85. The molecule has 0 saturated heterocycles. The first-order valence-electron chi connectivity index (χ1n) is 7.68. The monoisotopic (exact) mass is 421 g/mol. The fourth-order valence-electron chi connectivity index (χ4n) is 1.71. The molecule has 0 spiro atoms. The molecule has 0 unspecified atom stereocenters. The van der Waals surface area contributed by atoms with E-state index in [9.17, 15) is 34.9 Å². The molecule has 0 bridgehead atoms. The summed E-state index contributed by atoms with van der Waals surface area (Å²) in [5.41, 5.74) is -2.57. The fraction of sp³-hybridized carbons (Fsp3) is 0.562. The molecule has 0 saturated carbocycles. The van der Waals surface area contributed by atoms with Crippen molar-refractivity contribution in [3.63, 3.8) is 0 Å². The van der Waals surface area contributed by atoms with E-state index in [1.165, 1.54) is 20.8 Å². The highest BCUT2D eigenvalue weighted by molar-refractivity contribution is 7.85. The number of hydrogen-bond acceptors (Lipinski definition) is 2. The van der Waals surface area contributed by atoms with Gasteiger partial charge in [-0.15, -0.1) is 0 Å². The normalized spacial score (nSPS) is 15.0. The van der Waals surface area contributed by atoms with Crippen molar-refractivity contribution < 1.29 is 39.7 Å². The van der Waals surface area contributed by atoms with Gasteiger partial charge in [-0.25, -0.2) is 8.60 Å². The number of benzene rings is 1. The van der Waals surface area contributed by atoms with E-state index in [-0.39, 0.29) is 18.8 Å². The first kappa shape index (κ1) is 23.4. The van der Waals surface area contributed by atoms with Gasteiger partial charge < -0.3 is 4.74 Å². The van der Waals surface area contributed by atoms with Gasteiger partial charge in [-0.3, -0.25) is 0 Å². The van der Waals surface area contributed by atoms with Crippen LogP contribution in [-0.2, 0) is 11.0 Å². The quantitative estimate of drug-likeness (QED) is 0.352. The van der Waals surface area contributed by atoms with Crippen molar-refractivity contribution in [2.24, 2.45) is 4.40 Å². The molecule has 0 N–H and O–H groups in total. The molecule has 3 nitrogen and oxygen atoms in total. The molecule has 1 aromatic carbocycles. The van der Waals surface area contributed by atoms with Gasteiger partial charge in [0.25, 0.3) is 0 Å². The van der Waals surface area contributed by atoms with E-state index in [2.05, 4.69) is 4.40 Å². The molecule has 11 heteroatoms. The van der Waals surface area contributed by atoms with E-state index >= 15 is 0 Å². The molecule has 0 radical (unpaired) electrons. The van der Waals surface area contributed by atoms with Crippen molar-refractivity contribution in [3.8, 4) is 5.75 Å². The highest BCUT2D eigenvalue weighted by atomic mass is 32.2. The predicted molar refractivity (Wildman–Crippen MR) is 87.7 cm³/mol. The molecule has 0 aromatic heterocycles. The minimum Gasteiger partial charge on any atom is -0.493 e. The van der Waals surface area contributed by atoms with E-state index in [4.69, 9.17) is 4.74 Å².